The smallest absolute Gasteiger partial charge is 0.333 e. The zero-order chi connectivity index (χ0) is 34.3. The summed E-state index contributed by atoms with van der Waals surface area (Å²) in [6, 6.07) is 16.1. The lowest BCUT2D eigenvalue weighted by Gasteiger charge is -2.28. The van der Waals surface area contributed by atoms with Crippen molar-refractivity contribution in [2.24, 2.45) is 5.73 Å². The van der Waals surface area contributed by atoms with E-state index in [4.69, 9.17) is 26.8 Å². The topological polar surface area (TPSA) is 126 Å². The monoisotopic (exact) mass is 738 g/mol. The number of Topliss-reactive ketones (excluding diaryl/α,β-unsaturated/α-hetero) is 1. The van der Waals surface area contributed by atoms with Crippen molar-refractivity contribution >= 4 is 45.1 Å². The second kappa shape index (κ2) is 13.6. The van der Waals surface area contributed by atoms with E-state index in [0.29, 0.717) is 32.2 Å². The molecule has 0 saturated heterocycles. The van der Waals surface area contributed by atoms with Crippen LogP contribution >= 0.6 is 27.5 Å². The number of imidazole rings is 1. The molecule has 2 heterocycles. The fourth-order valence-electron chi connectivity index (χ4n) is 5.75. The molecule has 4 aromatic rings. The predicted molar refractivity (Wildman–Crippen MR) is 181 cm³/mol. The lowest BCUT2D eigenvalue weighted by atomic mass is 9.93. The summed E-state index contributed by atoms with van der Waals surface area (Å²) in [4.78, 5) is 54.7. The van der Waals surface area contributed by atoms with Crippen LogP contribution in [0.1, 0.15) is 71.1 Å². The molecule has 6 rings (SSSR count). The Morgan fingerprint density at radius 3 is 2.38 bits per heavy atom. The van der Waals surface area contributed by atoms with Gasteiger partial charge in [-0.3, -0.25) is 23.5 Å². The molecule has 2 atom stereocenters. The minimum atomic E-state index is -0.950. The second-order valence-corrected chi connectivity index (χ2v) is 13.4. The van der Waals surface area contributed by atoms with Gasteiger partial charge >= 0.3 is 5.69 Å². The van der Waals surface area contributed by atoms with Crippen molar-refractivity contribution in [2.75, 3.05) is 6.54 Å². The molecule has 1 saturated carbocycles. The average Bonchev–Trinajstić information content (AvgIpc) is 3.83. The van der Waals surface area contributed by atoms with Crippen molar-refractivity contribution in [3.8, 4) is 17.2 Å². The van der Waals surface area contributed by atoms with Crippen molar-refractivity contribution < 1.29 is 28.2 Å². The van der Waals surface area contributed by atoms with Crippen LogP contribution in [0.3, 0.4) is 0 Å². The van der Waals surface area contributed by atoms with Gasteiger partial charge in [0.2, 0.25) is 0 Å². The lowest BCUT2D eigenvalue weighted by molar-refractivity contribution is -0.124. The van der Waals surface area contributed by atoms with E-state index in [1.165, 1.54) is 28.2 Å². The highest BCUT2D eigenvalue weighted by atomic mass is 79.9. The van der Waals surface area contributed by atoms with E-state index in [0.717, 1.165) is 18.9 Å². The molecule has 2 amide bonds. The van der Waals surface area contributed by atoms with E-state index >= 15 is 4.39 Å². The minimum Gasteiger partial charge on any atom is -0.490 e. The summed E-state index contributed by atoms with van der Waals surface area (Å²) in [6.45, 7) is 3.60. The molecule has 3 aromatic carbocycles. The highest BCUT2D eigenvalue weighted by molar-refractivity contribution is 9.10. The molecule has 1 aromatic heterocycles. The number of hydrogen-bond donors (Lipinski definition) is 1. The highest BCUT2D eigenvalue weighted by Crippen LogP contribution is 2.31. The molecule has 1 aliphatic heterocycles. The Kier molecular flexibility index (Phi) is 9.48. The van der Waals surface area contributed by atoms with Crippen molar-refractivity contribution in [2.45, 2.75) is 64.3 Å². The Balaban J connectivity index is 1.33. The van der Waals surface area contributed by atoms with Gasteiger partial charge in [0.25, 0.3) is 11.8 Å². The number of hydrogen-bond acceptors (Lipinski definition) is 6. The van der Waals surface area contributed by atoms with Crippen LogP contribution in [0.15, 0.2) is 69.9 Å². The fourth-order valence-corrected chi connectivity index (χ4v) is 6.18. The highest BCUT2D eigenvalue weighted by Gasteiger charge is 2.33. The molecule has 48 heavy (non-hydrogen) atoms. The Morgan fingerprint density at radius 1 is 1.02 bits per heavy atom. The fraction of sp³-hybridized carbons (Fsp3) is 0.314. The van der Waals surface area contributed by atoms with Gasteiger partial charge in [-0.25, -0.2) is 9.18 Å². The Bertz CT molecular complexity index is 1970. The maximum Gasteiger partial charge on any atom is 0.333 e. The van der Waals surface area contributed by atoms with E-state index in [9.17, 15) is 19.2 Å². The molecule has 2 N–H and O–H groups in total. The lowest BCUT2D eigenvalue weighted by Crippen LogP contribution is -2.41. The number of ether oxygens (including phenoxy) is 2. The summed E-state index contributed by atoms with van der Waals surface area (Å²) in [5.41, 5.74) is 6.46. The van der Waals surface area contributed by atoms with Crippen LogP contribution in [-0.2, 0) is 17.9 Å². The number of aromatic nitrogens is 2. The normalized spacial score (nSPS) is 15.4. The minimum absolute atomic E-state index is 0.00549. The number of carbonyl (C=O) groups excluding carboxylic acids is 3. The van der Waals surface area contributed by atoms with Crippen molar-refractivity contribution in [1.29, 1.82) is 0 Å². The van der Waals surface area contributed by atoms with Gasteiger partial charge in [-0.15, -0.1) is 0 Å². The third-order valence-corrected chi connectivity index (χ3v) is 9.76. The number of halogens is 3. The van der Waals surface area contributed by atoms with Gasteiger partial charge in [-0.1, -0.05) is 24.6 Å². The zero-order valence-electron chi connectivity index (χ0n) is 26.3. The summed E-state index contributed by atoms with van der Waals surface area (Å²) >= 11 is 9.60. The Labute approximate surface area is 289 Å². The molecule has 2 aliphatic rings. The number of rotatable bonds is 11. The van der Waals surface area contributed by atoms with Crippen LogP contribution in [0.5, 0.6) is 11.5 Å². The summed E-state index contributed by atoms with van der Waals surface area (Å²) in [5, 5.41) is 0.383. The van der Waals surface area contributed by atoms with E-state index in [2.05, 4.69) is 15.9 Å². The molecule has 13 heteroatoms. The van der Waals surface area contributed by atoms with E-state index < -0.39 is 35.2 Å². The molecule has 1 aliphatic carbocycles. The average molecular weight is 740 g/mol. The van der Waals surface area contributed by atoms with Gasteiger partial charge in [0.1, 0.15) is 23.0 Å². The standard InChI is InChI=1S/C35H33BrClFN4O6/c1-19(26-11-10-25(17-29(26)38)47-20(2)33(39)44)15-31(43)32-30-18-40(34(45)21-3-12-27(36)28(37)16-21)13-14-41(30)35(46)42(32)22-4-6-23(7-5-22)48-24-8-9-24/h3-7,10-12,16-17,19-20,24H,8-9,13-15,18H2,1-2H3,(H2,39,44)/t19-,20-/m0/s1. The van der Waals surface area contributed by atoms with Crippen molar-refractivity contribution in [3.63, 3.8) is 0 Å². The number of carbonyl (C=O) groups is 3. The largest absolute Gasteiger partial charge is 0.490 e. The van der Waals surface area contributed by atoms with Gasteiger partial charge in [0.15, 0.2) is 11.9 Å². The van der Waals surface area contributed by atoms with Gasteiger partial charge < -0.3 is 20.1 Å². The first-order valence-electron chi connectivity index (χ1n) is 15.6. The molecule has 250 valence electrons. The van der Waals surface area contributed by atoms with E-state index in [1.54, 1.807) is 54.3 Å². The first-order valence-corrected chi connectivity index (χ1v) is 16.7. The number of ketones is 1. The van der Waals surface area contributed by atoms with Crippen LogP contribution in [0.2, 0.25) is 5.02 Å². The van der Waals surface area contributed by atoms with Crippen LogP contribution in [0, 0.1) is 5.82 Å². The molecular formula is C35H33BrClFN4O6. The maximum atomic E-state index is 15.3. The van der Waals surface area contributed by atoms with Gasteiger partial charge in [-0.05, 0) is 95.7 Å². The predicted octanol–water partition coefficient (Wildman–Crippen LogP) is 6.02. The summed E-state index contributed by atoms with van der Waals surface area (Å²) in [6.07, 6.45) is 1.10. The van der Waals surface area contributed by atoms with Crippen molar-refractivity contribution in [1.82, 2.24) is 14.0 Å². The van der Waals surface area contributed by atoms with Gasteiger partial charge in [-0.2, -0.15) is 0 Å². The quantitative estimate of drug-likeness (QED) is 0.188. The van der Waals surface area contributed by atoms with E-state index in [-0.39, 0.29) is 55.1 Å². The number of primary amides is 1. The first kappa shape index (κ1) is 33.5. The number of amides is 2. The molecular weight excluding hydrogens is 707 g/mol. The zero-order valence-corrected chi connectivity index (χ0v) is 28.6. The third-order valence-electron chi connectivity index (χ3n) is 8.53. The van der Waals surface area contributed by atoms with Crippen molar-refractivity contribution in [3.05, 3.63) is 109 Å². The van der Waals surface area contributed by atoms with Gasteiger partial charge in [0, 0.05) is 35.6 Å². The SMILES string of the molecule is C[C@H](Oc1ccc([C@@H](C)CC(=O)c2c3n(c(=O)n2-c2ccc(OC4CC4)cc2)CCN(C(=O)c2ccc(Br)c(Cl)c2)C3)c(F)c1)C(N)=O. The summed E-state index contributed by atoms with van der Waals surface area (Å²) in [5.74, 6) is -1.79. The van der Waals surface area contributed by atoms with Crippen LogP contribution < -0.4 is 20.9 Å². The third kappa shape index (κ3) is 6.91. The van der Waals surface area contributed by atoms with Gasteiger partial charge in [0.05, 0.1) is 29.1 Å². The molecule has 0 unspecified atom stereocenters. The summed E-state index contributed by atoms with van der Waals surface area (Å²) < 4.78 is 30.1. The second-order valence-electron chi connectivity index (χ2n) is 12.1. The number of nitrogens with zero attached hydrogens (tertiary/aromatic N) is 3. The number of fused-ring (bicyclic) bond motifs is 1. The molecule has 10 nitrogen and oxygen atoms in total. The van der Waals surface area contributed by atoms with Crippen LogP contribution in [-0.4, -0.2) is 50.4 Å². The molecule has 1 fully saturated rings. The molecule has 0 bridgehead atoms. The Morgan fingerprint density at radius 2 is 1.73 bits per heavy atom. The number of nitrogens with two attached hydrogens (primary N) is 1. The van der Waals surface area contributed by atoms with Crippen LogP contribution in [0.4, 0.5) is 4.39 Å². The maximum absolute atomic E-state index is 15.3. The van der Waals surface area contributed by atoms with Crippen LogP contribution in [0.25, 0.3) is 5.69 Å². The number of benzene rings is 3. The van der Waals surface area contributed by atoms with E-state index in [1.807, 2.05) is 0 Å². The molecule has 0 radical (unpaired) electrons. The molecule has 0 spiro atoms. The Hall–Kier alpha value is -4.42. The summed E-state index contributed by atoms with van der Waals surface area (Å²) in [7, 11) is 0. The first-order chi connectivity index (χ1) is 22.9.